The van der Waals surface area contributed by atoms with Gasteiger partial charge in [0.1, 0.15) is 11.5 Å². The minimum atomic E-state index is -1.18. The SMILES string of the molecule is C=C(F)C(=O)Oc1ccc(-c2ccc(OC(=O)C(=C)F)cc2)cc1. The van der Waals surface area contributed by atoms with Crippen LogP contribution in [0.5, 0.6) is 11.5 Å². The maximum Gasteiger partial charge on any atom is 0.371 e. The molecule has 0 bridgehead atoms. The van der Waals surface area contributed by atoms with E-state index in [-0.39, 0.29) is 11.5 Å². The average molecular weight is 330 g/mol. The van der Waals surface area contributed by atoms with E-state index >= 15 is 0 Å². The lowest BCUT2D eigenvalue weighted by Gasteiger charge is -2.06. The summed E-state index contributed by atoms with van der Waals surface area (Å²) in [5.41, 5.74) is 1.56. The van der Waals surface area contributed by atoms with Crippen LogP contribution in [0, 0.1) is 0 Å². The number of rotatable bonds is 5. The fourth-order valence-corrected chi connectivity index (χ4v) is 1.76. The van der Waals surface area contributed by atoms with Crippen molar-refractivity contribution in [3.05, 3.63) is 73.3 Å². The topological polar surface area (TPSA) is 52.6 Å². The first kappa shape index (κ1) is 17.1. The van der Waals surface area contributed by atoms with Gasteiger partial charge in [-0.15, -0.1) is 0 Å². The van der Waals surface area contributed by atoms with Gasteiger partial charge < -0.3 is 9.47 Å². The molecule has 0 amide bonds. The molecule has 6 heteroatoms. The van der Waals surface area contributed by atoms with Gasteiger partial charge in [-0.2, -0.15) is 8.78 Å². The molecule has 2 aromatic carbocycles. The van der Waals surface area contributed by atoms with Gasteiger partial charge in [0.2, 0.25) is 11.7 Å². The summed E-state index contributed by atoms with van der Waals surface area (Å²) in [5, 5.41) is 0. The minimum Gasteiger partial charge on any atom is -0.421 e. The van der Waals surface area contributed by atoms with Crippen LogP contribution < -0.4 is 9.47 Å². The number of esters is 2. The highest BCUT2D eigenvalue weighted by molar-refractivity contribution is 5.87. The Morgan fingerprint density at radius 1 is 0.667 bits per heavy atom. The van der Waals surface area contributed by atoms with E-state index in [4.69, 9.17) is 9.47 Å². The lowest BCUT2D eigenvalue weighted by atomic mass is 10.1. The summed E-state index contributed by atoms with van der Waals surface area (Å²) in [5.74, 6) is -4.31. The van der Waals surface area contributed by atoms with E-state index in [1.807, 2.05) is 0 Å². The summed E-state index contributed by atoms with van der Waals surface area (Å²) in [6.45, 7) is 5.70. The van der Waals surface area contributed by atoms with Crippen molar-refractivity contribution in [3.63, 3.8) is 0 Å². The molecule has 0 saturated carbocycles. The average Bonchev–Trinajstić information content (AvgIpc) is 2.56. The van der Waals surface area contributed by atoms with E-state index in [2.05, 4.69) is 13.2 Å². The second kappa shape index (κ2) is 7.32. The Bertz CT molecular complexity index is 723. The minimum absolute atomic E-state index is 0.176. The molecule has 2 rings (SSSR count). The summed E-state index contributed by atoms with van der Waals surface area (Å²) < 4.78 is 34.6. The molecule has 0 spiro atoms. The van der Waals surface area contributed by atoms with Gasteiger partial charge in [-0.05, 0) is 35.4 Å². The Labute approximate surface area is 136 Å². The number of hydrogen-bond acceptors (Lipinski definition) is 4. The molecule has 4 nitrogen and oxygen atoms in total. The highest BCUT2D eigenvalue weighted by Gasteiger charge is 2.10. The third-order valence-electron chi connectivity index (χ3n) is 2.91. The van der Waals surface area contributed by atoms with Crippen LogP contribution in [0.4, 0.5) is 8.78 Å². The Balaban J connectivity index is 2.09. The van der Waals surface area contributed by atoms with Crippen molar-refractivity contribution >= 4 is 11.9 Å². The summed E-state index contributed by atoms with van der Waals surface area (Å²) >= 11 is 0. The Morgan fingerprint density at radius 2 is 0.958 bits per heavy atom. The van der Waals surface area contributed by atoms with Crippen molar-refractivity contribution in [3.8, 4) is 22.6 Å². The van der Waals surface area contributed by atoms with Gasteiger partial charge in [0.15, 0.2) is 0 Å². The van der Waals surface area contributed by atoms with Crippen molar-refractivity contribution in [2.75, 3.05) is 0 Å². The fourth-order valence-electron chi connectivity index (χ4n) is 1.76. The standard InChI is InChI=1S/C18H12F2O4/c1-11(19)17(21)23-15-7-3-13(4-8-15)14-5-9-16(10-6-14)24-18(22)12(2)20/h3-10H,1-2H2. The number of carbonyl (C=O) groups is 2. The zero-order valence-corrected chi connectivity index (χ0v) is 12.4. The highest BCUT2D eigenvalue weighted by Crippen LogP contribution is 2.25. The van der Waals surface area contributed by atoms with Crippen LogP contribution in [0.3, 0.4) is 0 Å². The maximum atomic E-state index is 12.6. The number of hydrogen-bond donors (Lipinski definition) is 0. The Morgan fingerprint density at radius 3 is 1.21 bits per heavy atom. The monoisotopic (exact) mass is 330 g/mol. The van der Waals surface area contributed by atoms with Crippen molar-refractivity contribution in [1.29, 1.82) is 0 Å². The van der Waals surface area contributed by atoms with Crippen LogP contribution >= 0.6 is 0 Å². The van der Waals surface area contributed by atoms with Gasteiger partial charge in [-0.1, -0.05) is 37.4 Å². The molecule has 0 aromatic heterocycles. The van der Waals surface area contributed by atoms with Crippen molar-refractivity contribution in [2.45, 2.75) is 0 Å². The van der Waals surface area contributed by atoms with E-state index in [0.717, 1.165) is 11.1 Å². The number of benzene rings is 2. The molecule has 0 aliphatic heterocycles. The highest BCUT2D eigenvalue weighted by atomic mass is 19.1. The zero-order chi connectivity index (χ0) is 17.7. The quantitative estimate of drug-likeness (QED) is 0.470. The molecular formula is C18H12F2O4. The van der Waals surface area contributed by atoms with Crippen LogP contribution in [-0.2, 0) is 9.59 Å². The first-order chi connectivity index (χ1) is 11.4. The Kier molecular flexibility index (Phi) is 5.21. The van der Waals surface area contributed by atoms with Gasteiger partial charge in [0.25, 0.3) is 0 Å². The van der Waals surface area contributed by atoms with Crippen LogP contribution in [0.15, 0.2) is 73.3 Å². The van der Waals surface area contributed by atoms with Crippen LogP contribution in [0.2, 0.25) is 0 Å². The molecular weight excluding hydrogens is 318 g/mol. The van der Waals surface area contributed by atoms with Crippen molar-refractivity contribution in [1.82, 2.24) is 0 Å². The third-order valence-corrected chi connectivity index (χ3v) is 2.91. The predicted molar refractivity (Wildman–Crippen MR) is 83.6 cm³/mol. The molecule has 0 atom stereocenters. The molecule has 0 aliphatic carbocycles. The number of halogens is 2. The normalized spacial score (nSPS) is 9.92. The molecule has 0 N–H and O–H groups in total. The largest absolute Gasteiger partial charge is 0.421 e. The van der Waals surface area contributed by atoms with E-state index in [9.17, 15) is 18.4 Å². The van der Waals surface area contributed by atoms with Crippen molar-refractivity contribution in [2.24, 2.45) is 0 Å². The van der Waals surface area contributed by atoms with Gasteiger partial charge in [-0.25, -0.2) is 9.59 Å². The van der Waals surface area contributed by atoms with E-state index in [0.29, 0.717) is 0 Å². The lowest BCUT2D eigenvalue weighted by Crippen LogP contribution is -2.07. The second-order valence-electron chi connectivity index (χ2n) is 4.64. The molecule has 122 valence electrons. The molecule has 0 aliphatic rings. The summed E-state index contributed by atoms with van der Waals surface area (Å²) in [4.78, 5) is 22.1. The van der Waals surface area contributed by atoms with Gasteiger partial charge in [0, 0.05) is 0 Å². The van der Waals surface area contributed by atoms with E-state index in [1.165, 1.54) is 24.3 Å². The molecule has 0 fully saturated rings. The zero-order valence-electron chi connectivity index (χ0n) is 12.4. The lowest BCUT2D eigenvalue weighted by molar-refractivity contribution is -0.132. The maximum absolute atomic E-state index is 12.6. The van der Waals surface area contributed by atoms with E-state index in [1.54, 1.807) is 24.3 Å². The number of ether oxygens (including phenoxy) is 2. The molecule has 24 heavy (non-hydrogen) atoms. The molecule has 0 unspecified atom stereocenters. The molecule has 0 radical (unpaired) electrons. The second-order valence-corrected chi connectivity index (χ2v) is 4.64. The summed E-state index contributed by atoms with van der Waals surface area (Å²) in [6.07, 6.45) is 0. The molecule has 0 heterocycles. The van der Waals surface area contributed by atoms with E-state index < -0.39 is 23.6 Å². The molecule has 0 saturated heterocycles. The Hall–Kier alpha value is -3.28. The van der Waals surface area contributed by atoms with Crippen LogP contribution in [0.25, 0.3) is 11.1 Å². The molecule has 2 aromatic rings. The summed E-state index contributed by atoms with van der Waals surface area (Å²) in [6, 6.07) is 12.6. The van der Waals surface area contributed by atoms with Crippen molar-refractivity contribution < 1.29 is 27.8 Å². The van der Waals surface area contributed by atoms with Crippen LogP contribution in [-0.4, -0.2) is 11.9 Å². The van der Waals surface area contributed by atoms with Gasteiger partial charge in [-0.3, -0.25) is 0 Å². The fraction of sp³-hybridized carbons (Fsp3) is 0. The van der Waals surface area contributed by atoms with Gasteiger partial charge >= 0.3 is 11.9 Å². The van der Waals surface area contributed by atoms with Crippen LogP contribution in [0.1, 0.15) is 0 Å². The number of carbonyl (C=O) groups excluding carboxylic acids is 2. The summed E-state index contributed by atoms with van der Waals surface area (Å²) in [7, 11) is 0. The smallest absolute Gasteiger partial charge is 0.371 e. The predicted octanol–water partition coefficient (Wildman–Crippen LogP) is 4.13. The third kappa shape index (κ3) is 4.36. The first-order valence-corrected chi connectivity index (χ1v) is 6.70. The first-order valence-electron chi connectivity index (χ1n) is 6.70. The van der Waals surface area contributed by atoms with Gasteiger partial charge in [0.05, 0.1) is 0 Å².